The lowest BCUT2D eigenvalue weighted by atomic mass is 10.1. The highest BCUT2D eigenvalue weighted by Gasteiger charge is 2.32. The van der Waals surface area contributed by atoms with Crippen molar-refractivity contribution in [2.75, 3.05) is 26.7 Å². The monoisotopic (exact) mass is 304 g/mol. The molecular weight excluding hydrogens is 276 g/mol. The number of amides is 1. The van der Waals surface area contributed by atoms with Crippen molar-refractivity contribution in [3.63, 3.8) is 0 Å². The first-order valence-electron chi connectivity index (χ1n) is 7.79. The van der Waals surface area contributed by atoms with Crippen molar-refractivity contribution in [3.05, 3.63) is 0 Å². The van der Waals surface area contributed by atoms with Crippen LogP contribution in [0.5, 0.6) is 0 Å². The third-order valence-corrected chi connectivity index (χ3v) is 4.40. The minimum atomic E-state index is 0. The molecule has 0 radical (unpaired) electrons. The summed E-state index contributed by atoms with van der Waals surface area (Å²) in [7, 11) is 1.91. The van der Waals surface area contributed by atoms with E-state index in [2.05, 4.69) is 10.2 Å². The fourth-order valence-corrected chi connectivity index (χ4v) is 3.32. The Kier molecular flexibility index (Phi) is 7.85. The van der Waals surface area contributed by atoms with Crippen molar-refractivity contribution in [1.29, 1.82) is 0 Å². The number of carbonyl (C=O) groups is 1. The highest BCUT2D eigenvalue weighted by Crippen LogP contribution is 2.26. The van der Waals surface area contributed by atoms with Crippen LogP contribution >= 0.6 is 12.4 Å². The van der Waals surface area contributed by atoms with Gasteiger partial charge in [0.1, 0.15) is 0 Å². The van der Waals surface area contributed by atoms with Crippen molar-refractivity contribution < 1.29 is 9.53 Å². The summed E-state index contributed by atoms with van der Waals surface area (Å²) in [5.41, 5.74) is 0. The molecule has 0 bridgehead atoms. The quantitative estimate of drug-likeness (QED) is 0.818. The molecule has 1 aliphatic carbocycles. The highest BCUT2D eigenvalue weighted by atomic mass is 35.5. The molecule has 1 amide bonds. The molecule has 1 saturated carbocycles. The van der Waals surface area contributed by atoms with Crippen molar-refractivity contribution >= 4 is 18.3 Å². The number of hydrogen-bond donors (Lipinski definition) is 1. The minimum Gasteiger partial charge on any atom is -0.376 e. The zero-order valence-corrected chi connectivity index (χ0v) is 13.6. The molecule has 1 N–H and O–H groups in total. The van der Waals surface area contributed by atoms with Gasteiger partial charge in [0.2, 0.25) is 5.91 Å². The molecule has 4 nitrogen and oxygen atoms in total. The predicted molar refractivity (Wildman–Crippen MR) is 83.3 cm³/mol. The Morgan fingerprint density at radius 2 is 2.00 bits per heavy atom. The minimum absolute atomic E-state index is 0. The molecule has 1 saturated heterocycles. The van der Waals surface area contributed by atoms with Crippen LogP contribution in [-0.2, 0) is 9.53 Å². The largest absolute Gasteiger partial charge is 0.376 e. The van der Waals surface area contributed by atoms with Crippen LogP contribution in [0.1, 0.15) is 45.4 Å². The molecule has 1 heterocycles. The number of ether oxygens (including phenoxy) is 1. The topological polar surface area (TPSA) is 41.6 Å². The second-order valence-corrected chi connectivity index (χ2v) is 6.02. The van der Waals surface area contributed by atoms with E-state index in [1.54, 1.807) is 0 Å². The summed E-state index contributed by atoms with van der Waals surface area (Å²) in [5, 5.41) is 3.11. The van der Waals surface area contributed by atoms with E-state index in [0.29, 0.717) is 11.9 Å². The normalized spacial score (nSPS) is 24.4. The van der Waals surface area contributed by atoms with Crippen molar-refractivity contribution in [1.82, 2.24) is 10.2 Å². The van der Waals surface area contributed by atoms with Gasteiger partial charge in [-0.15, -0.1) is 12.4 Å². The van der Waals surface area contributed by atoms with E-state index in [4.69, 9.17) is 4.74 Å². The summed E-state index contributed by atoms with van der Waals surface area (Å²) >= 11 is 0. The van der Waals surface area contributed by atoms with E-state index in [1.165, 1.54) is 25.7 Å². The summed E-state index contributed by atoms with van der Waals surface area (Å²) in [6.45, 7) is 4.45. The van der Waals surface area contributed by atoms with Gasteiger partial charge >= 0.3 is 0 Å². The molecule has 118 valence electrons. The van der Waals surface area contributed by atoms with E-state index in [9.17, 15) is 4.79 Å². The molecule has 2 unspecified atom stereocenters. The second kappa shape index (κ2) is 8.85. The van der Waals surface area contributed by atoms with Crippen LogP contribution in [0.15, 0.2) is 0 Å². The number of rotatable bonds is 6. The van der Waals surface area contributed by atoms with Gasteiger partial charge in [-0.3, -0.25) is 4.79 Å². The number of carbonyl (C=O) groups excluding carboxylic acids is 1. The van der Waals surface area contributed by atoms with E-state index >= 15 is 0 Å². The molecule has 0 aromatic carbocycles. The van der Waals surface area contributed by atoms with Gasteiger partial charge in [-0.2, -0.15) is 0 Å². The lowest BCUT2D eigenvalue weighted by Crippen LogP contribution is -2.47. The number of nitrogens with one attached hydrogen (secondary N) is 1. The molecule has 0 aromatic heterocycles. The van der Waals surface area contributed by atoms with Crippen LogP contribution in [0.4, 0.5) is 0 Å². The van der Waals surface area contributed by atoms with Gasteiger partial charge < -0.3 is 15.0 Å². The maximum Gasteiger partial charge on any atom is 0.227 e. The van der Waals surface area contributed by atoms with Crippen LogP contribution in [0, 0.1) is 5.92 Å². The van der Waals surface area contributed by atoms with Crippen LogP contribution in [0.2, 0.25) is 0 Å². The Morgan fingerprint density at radius 3 is 2.55 bits per heavy atom. The van der Waals surface area contributed by atoms with Gasteiger partial charge in [-0.1, -0.05) is 19.8 Å². The van der Waals surface area contributed by atoms with E-state index in [0.717, 1.165) is 32.5 Å². The number of nitrogens with zero attached hydrogens (tertiary/aromatic N) is 1. The summed E-state index contributed by atoms with van der Waals surface area (Å²) < 4.78 is 5.72. The summed E-state index contributed by atoms with van der Waals surface area (Å²) in [6, 6.07) is 0.455. The Hall–Kier alpha value is -0.320. The second-order valence-electron chi connectivity index (χ2n) is 6.02. The van der Waals surface area contributed by atoms with Crippen LogP contribution in [-0.4, -0.2) is 49.7 Å². The average molecular weight is 305 g/mol. The molecular formula is C15H29ClN2O2. The van der Waals surface area contributed by atoms with Crippen molar-refractivity contribution in [3.8, 4) is 0 Å². The Morgan fingerprint density at radius 1 is 1.30 bits per heavy atom. The first-order chi connectivity index (χ1) is 9.22. The van der Waals surface area contributed by atoms with Crippen LogP contribution < -0.4 is 5.32 Å². The maximum absolute atomic E-state index is 12.6. The third kappa shape index (κ3) is 4.61. The summed E-state index contributed by atoms with van der Waals surface area (Å²) in [4.78, 5) is 14.8. The van der Waals surface area contributed by atoms with Gasteiger partial charge in [-0.05, 0) is 32.7 Å². The Balaban J connectivity index is 0.00000200. The van der Waals surface area contributed by atoms with Gasteiger partial charge in [0.05, 0.1) is 6.10 Å². The molecule has 2 fully saturated rings. The maximum atomic E-state index is 12.6. The van der Waals surface area contributed by atoms with Crippen LogP contribution in [0.3, 0.4) is 0 Å². The standard InChI is InChI=1S/C15H28N2O2.ClH/c1-12(10-16-2)15(18)17(13-6-3-4-7-13)11-14-8-5-9-19-14;/h12-14,16H,3-11H2,1-2H3;1H. The predicted octanol–water partition coefficient (Wildman–Crippen LogP) is 2.21. The Bertz CT molecular complexity index is 290. The lowest BCUT2D eigenvalue weighted by Gasteiger charge is -2.33. The van der Waals surface area contributed by atoms with E-state index in [-0.39, 0.29) is 24.4 Å². The van der Waals surface area contributed by atoms with E-state index in [1.807, 2.05) is 14.0 Å². The number of halogens is 1. The van der Waals surface area contributed by atoms with Gasteiger partial charge in [0.15, 0.2) is 0 Å². The molecule has 2 atom stereocenters. The third-order valence-electron chi connectivity index (χ3n) is 4.40. The lowest BCUT2D eigenvalue weighted by molar-refractivity contribution is -0.139. The summed E-state index contributed by atoms with van der Waals surface area (Å²) in [5.74, 6) is 0.365. The van der Waals surface area contributed by atoms with Gasteiger partial charge in [-0.25, -0.2) is 0 Å². The van der Waals surface area contributed by atoms with Gasteiger partial charge in [0, 0.05) is 31.7 Å². The first kappa shape index (κ1) is 17.7. The molecule has 1 aliphatic heterocycles. The SMILES string of the molecule is CNCC(C)C(=O)N(CC1CCCO1)C1CCCC1.Cl. The van der Waals surface area contributed by atoms with Crippen LogP contribution in [0.25, 0.3) is 0 Å². The molecule has 5 heteroatoms. The number of hydrogen-bond acceptors (Lipinski definition) is 3. The van der Waals surface area contributed by atoms with Crippen molar-refractivity contribution in [2.45, 2.75) is 57.6 Å². The fraction of sp³-hybridized carbons (Fsp3) is 0.933. The molecule has 2 aliphatic rings. The zero-order valence-electron chi connectivity index (χ0n) is 12.8. The van der Waals surface area contributed by atoms with E-state index < -0.39 is 0 Å². The molecule has 2 rings (SSSR count). The molecule has 0 aromatic rings. The average Bonchev–Trinajstić information content (AvgIpc) is 3.08. The van der Waals surface area contributed by atoms with Gasteiger partial charge in [0.25, 0.3) is 0 Å². The summed E-state index contributed by atoms with van der Waals surface area (Å²) in [6.07, 6.45) is 7.39. The first-order valence-corrected chi connectivity index (χ1v) is 7.79. The fourth-order valence-electron chi connectivity index (χ4n) is 3.32. The van der Waals surface area contributed by atoms with Crippen molar-refractivity contribution in [2.24, 2.45) is 5.92 Å². The smallest absolute Gasteiger partial charge is 0.227 e. The Labute approximate surface area is 129 Å². The molecule has 20 heavy (non-hydrogen) atoms. The zero-order chi connectivity index (χ0) is 13.7. The highest BCUT2D eigenvalue weighted by molar-refractivity contribution is 5.85. The molecule has 0 spiro atoms.